The van der Waals surface area contributed by atoms with E-state index in [1.807, 2.05) is 0 Å². The molecule has 2 N–H and O–H groups in total. The third-order valence-electron chi connectivity index (χ3n) is 4.26. The van der Waals surface area contributed by atoms with Crippen molar-refractivity contribution in [3.63, 3.8) is 0 Å². The van der Waals surface area contributed by atoms with E-state index in [4.69, 9.17) is 11.6 Å². The van der Waals surface area contributed by atoms with Gasteiger partial charge < -0.3 is 14.9 Å². The van der Waals surface area contributed by atoms with E-state index in [9.17, 15) is 27.5 Å². The van der Waals surface area contributed by atoms with Crippen LogP contribution in [0.4, 0.5) is 17.6 Å². The highest BCUT2D eigenvalue weighted by atomic mass is 35.5. The van der Waals surface area contributed by atoms with E-state index in [0.29, 0.717) is 11.8 Å². The van der Waals surface area contributed by atoms with Gasteiger partial charge in [0.05, 0.1) is 29.1 Å². The van der Waals surface area contributed by atoms with Gasteiger partial charge in [0.1, 0.15) is 5.82 Å². The van der Waals surface area contributed by atoms with Crippen molar-refractivity contribution in [3.8, 4) is 0 Å². The van der Waals surface area contributed by atoms with E-state index in [0.717, 1.165) is 12.1 Å². The molecule has 3 rings (SSSR count). The van der Waals surface area contributed by atoms with Crippen LogP contribution in [0.1, 0.15) is 11.1 Å². The number of hydrazone groups is 1. The second kappa shape index (κ2) is 7.35. The molecule has 27 heavy (non-hydrogen) atoms. The van der Waals surface area contributed by atoms with Crippen molar-refractivity contribution in [1.29, 1.82) is 0 Å². The first-order valence-electron chi connectivity index (χ1n) is 7.91. The number of hydrogen-bond acceptors (Lipinski definition) is 5. The van der Waals surface area contributed by atoms with Crippen molar-refractivity contribution in [3.05, 3.63) is 45.9 Å². The highest BCUT2D eigenvalue weighted by Gasteiger charge is 2.35. The Hall–Kier alpha value is -2.33. The minimum atomic E-state index is -4.64. The van der Waals surface area contributed by atoms with Crippen LogP contribution >= 0.6 is 11.6 Å². The van der Waals surface area contributed by atoms with Crippen molar-refractivity contribution < 1.29 is 27.5 Å². The number of amides is 1. The summed E-state index contributed by atoms with van der Waals surface area (Å²) in [5.41, 5.74) is 1.43. The fourth-order valence-corrected chi connectivity index (χ4v) is 3.13. The average molecular weight is 407 g/mol. The van der Waals surface area contributed by atoms with Gasteiger partial charge in [0.15, 0.2) is 6.23 Å². The molecule has 0 bridgehead atoms. The fourth-order valence-electron chi connectivity index (χ4n) is 2.92. The maximum Gasteiger partial charge on any atom is 0.416 e. The van der Waals surface area contributed by atoms with Gasteiger partial charge in [0.25, 0.3) is 0 Å². The molecule has 11 heteroatoms. The Morgan fingerprint density at radius 2 is 2.07 bits per heavy atom. The molecule has 146 valence electrons. The molecule has 0 aliphatic carbocycles. The molecule has 2 aliphatic rings. The van der Waals surface area contributed by atoms with E-state index in [-0.39, 0.29) is 36.8 Å². The van der Waals surface area contributed by atoms with Crippen LogP contribution in [0, 0.1) is 5.82 Å². The molecule has 1 unspecified atom stereocenters. The van der Waals surface area contributed by atoms with Crippen molar-refractivity contribution in [2.75, 3.05) is 19.6 Å². The molecule has 1 aromatic rings. The summed E-state index contributed by atoms with van der Waals surface area (Å²) in [6.07, 6.45) is -4.48. The maximum atomic E-state index is 13.4. The molecule has 1 fully saturated rings. The molecule has 0 saturated carbocycles. The zero-order valence-electron chi connectivity index (χ0n) is 13.8. The first-order chi connectivity index (χ1) is 12.7. The lowest BCUT2D eigenvalue weighted by atomic mass is 10.1. The van der Waals surface area contributed by atoms with E-state index < -0.39 is 29.7 Å². The summed E-state index contributed by atoms with van der Waals surface area (Å²) < 4.78 is 52.8. The number of rotatable bonds is 3. The summed E-state index contributed by atoms with van der Waals surface area (Å²) in [5, 5.41) is 13.4. The molecular formula is C16H15ClF4N4O2. The number of alkyl halides is 3. The summed E-state index contributed by atoms with van der Waals surface area (Å²) in [6, 6.07) is 2.20. The van der Waals surface area contributed by atoms with Crippen molar-refractivity contribution >= 4 is 23.7 Å². The molecular weight excluding hydrogens is 392 g/mol. The van der Waals surface area contributed by atoms with Gasteiger partial charge in [-0.3, -0.25) is 10.2 Å². The summed E-state index contributed by atoms with van der Waals surface area (Å²) in [5.74, 6) is -1.25. The van der Waals surface area contributed by atoms with Gasteiger partial charge in [-0.15, -0.1) is 0 Å². The summed E-state index contributed by atoms with van der Waals surface area (Å²) >= 11 is 6.01. The molecule has 1 amide bonds. The summed E-state index contributed by atoms with van der Waals surface area (Å²) in [4.78, 5) is 15.2. The number of halogens is 5. The summed E-state index contributed by atoms with van der Waals surface area (Å²) in [6.45, 7) is -0.129. The van der Waals surface area contributed by atoms with Gasteiger partial charge in [-0.2, -0.15) is 18.3 Å². The normalized spacial score (nSPS) is 21.0. The van der Waals surface area contributed by atoms with E-state index >= 15 is 0 Å². The van der Waals surface area contributed by atoms with Crippen LogP contribution in [-0.4, -0.2) is 52.9 Å². The van der Waals surface area contributed by atoms with Crippen molar-refractivity contribution in [1.82, 2.24) is 15.2 Å². The lowest BCUT2D eigenvalue weighted by Gasteiger charge is -2.37. The van der Waals surface area contributed by atoms with Gasteiger partial charge >= 0.3 is 6.18 Å². The average Bonchev–Trinajstić information content (AvgIpc) is 2.58. The number of hydrogen-bond donors (Lipinski definition) is 2. The quantitative estimate of drug-likeness (QED) is 0.752. The van der Waals surface area contributed by atoms with Crippen LogP contribution in [0.2, 0.25) is 0 Å². The molecule has 1 saturated heterocycles. The molecule has 6 nitrogen and oxygen atoms in total. The predicted octanol–water partition coefficient (Wildman–Crippen LogP) is 1.85. The molecule has 2 heterocycles. The topological polar surface area (TPSA) is 68.2 Å². The van der Waals surface area contributed by atoms with Crippen LogP contribution < -0.4 is 5.43 Å². The monoisotopic (exact) mass is 406 g/mol. The second-order valence-electron chi connectivity index (χ2n) is 6.06. The molecule has 1 aromatic carbocycles. The first kappa shape index (κ1) is 19.4. The number of benzene rings is 1. The minimum Gasteiger partial charge on any atom is -0.367 e. The largest absolute Gasteiger partial charge is 0.416 e. The number of piperazine rings is 1. The summed E-state index contributed by atoms with van der Waals surface area (Å²) in [7, 11) is 0. The first-order valence-corrected chi connectivity index (χ1v) is 8.29. The Morgan fingerprint density at radius 1 is 1.33 bits per heavy atom. The number of carbonyl (C=O) groups excluding carboxylic acids is 1. The number of aliphatic hydroxyl groups excluding tert-OH is 1. The molecule has 2 aliphatic heterocycles. The van der Waals surface area contributed by atoms with Crippen LogP contribution in [0.15, 0.2) is 34.0 Å². The van der Waals surface area contributed by atoms with Gasteiger partial charge in [0, 0.05) is 19.6 Å². The van der Waals surface area contributed by atoms with Crippen molar-refractivity contribution in [2.24, 2.45) is 5.10 Å². The lowest BCUT2D eigenvalue weighted by Crippen LogP contribution is -2.50. The van der Waals surface area contributed by atoms with Crippen LogP contribution in [0.5, 0.6) is 0 Å². The van der Waals surface area contributed by atoms with E-state index in [2.05, 4.69) is 10.5 Å². The standard InChI is InChI=1S/C16H15ClF4N4O2/c17-14-12(6-22-23-15(14)27)24-3-4-25(13(26)8-24)7-9-5-10(18)1-2-11(9)16(19,20)21/h1-2,5-6,15,23,27H,3-4,7-8H2. The Morgan fingerprint density at radius 3 is 2.74 bits per heavy atom. The highest BCUT2D eigenvalue weighted by Crippen LogP contribution is 2.33. The number of nitrogens with zero attached hydrogens (tertiary/aromatic N) is 3. The smallest absolute Gasteiger partial charge is 0.367 e. The van der Waals surface area contributed by atoms with Gasteiger partial charge in [0.2, 0.25) is 5.91 Å². The molecule has 1 atom stereocenters. The molecule has 0 radical (unpaired) electrons. The highest BCUT2D eigenvalue weighted by molar-refractivity contribution is 6.32. The third-order valence-corrected chi connectivity index (χ3v) is 4.66. The Balaban J connectivity index is 1.75. The minimum absolute atomic E-state index is 0.0655. The van der Waals surface area contributed by atoms with Crippen LogP contribution in [0.25, 0.3) is 0 Å². The maximum absolute atomic E-state index is 13.4. The number of carbonyl (C=O) groups is 1. The number of aliphatic hydroxyl groups is 1. The zero-order chi connectivity index (χ0) is 19.8. The predicted molar refractivity (Wildman–Crippen MR) is 88.9 cm³/mol. The number of nitrogens with one attached hydrogen (secondary N) is 1. The third kappa shape index (κ3) is 4.16. The van der Waals surface area contributed by atoms with Gasteiger partial charge in [-0.1, -0.05) is 11.6 Å². The van der Waals surface area contributed by atoms with E-state index in [1.165, 1.54) is 11.1 Å². The van der Waals surface area contributed by atoms with Crippen LogP contribution in [0.3, 0.4) is 0 Å². The molecule has 0 spiro atoms. The Bertz CT molecular complexity index is 812. The Labute approximate surface area is 156 Å². The number of allylic oxidation sites excluding steroid dienone is 1. The molecule has 0 aromatic heterocycles. The second-order valence-corrected chi connectivity index (χ2v) is 6.47. The van der Waals surface area contributed by atoms with Crippen molar-refractivity contribution in [2.45, 2.75) is 18.9 Å². The van der Waals surface area contributed by atoms with Gasteiger partial charge in [-0.05, 0) is 23.8 Å². The SMILES string of the molecule is O=C1CN(C2=C(Cl)C(O)NN=C2)CCN1Cc1cc(F)ccc1C(F)(F)F. The lowest BCUT2D eigenvalue weighted by molar-refractivity contribution is -0.141. The Kier molecular flexibility index (Phi) is 5.29. The van der Waals surface area contributed by atoms with Gasteiger partial charge in [-0.25, -0.2) is 4.39 Å². The fraction of sp³-hybridized carbons (Fsp3) is 0.375. The van der Waals surface area contributed by atoms with E-state index in [1.54, 1.807) is 4.90 Å². The zero-order valence-corrected chi connectivity index (χ0v) is 14.6. The van der Waals surface area contributed by atoms with Crippen LogP contribution in [-0.2, 0) is 17.5 Å².